The maximum absolute atomic E-state index is 12.7. The Kier molecular flexibility index (Phi) is 6.63. The van der Waals surface area contributed by atoms with Gasteiger partial charge in [-0.3, -0.25) is 4.79 Å². The van der Waals surface area contributed by atoms with Gasteiger partial charge in [-0.05, 0) is 62.8 Å². The van der Waals surface area contributed by atoms with Gasteiger partial charge in [-0.25, -0.2) is 13.1 Å². The summed E-state index contributed by atoms with van der Waals surface area (Å²) < 4.78 is 28.0. The molecule has 1 amide bonds. The van der Waals surface area contributed by atoms with Crippen molar-refractivity contribution in [3.05, 3.63) is 28.3 Å². The first-order valence-electron chi connectivity index (χ1n) is 9.09. The average Bonchev–Trinajstić information content (AvgIpc) is 2.53. The van der Waals surface area contributed by atoms with Gasteiger partial charge in [-0.15, -0.1) is 0 Å². The second-order valence-electron chi connectivity index (χ2n) is 7.14. The van der Waals surface area contributed by atoms with E-state index in [1.165, 1.54) is 6.42 Å². The minimum Gasteiger partial charge on any atom is -0.353 e. The van der Waals surface area contributed by atoms with E-state index in [2.05, 4.69) is 10.0 Å². The Bertz CT molecular complexity index is 709. The Morgan fingerprint density at radius 3 is 2.16 bits per heavy atom. The Hall–Kier alpha value is -1.40. The van der Waals surface area contributed by atoms with Crippen molar-refractivity contribution in [2.24, 2.45) is 0 Å². The Morgan fingerprint density at radius 1 is 1.04 bits per heavy atom. The molecule has 5 nitrogen and oxygen atoms in total. The topological polar surface area (TPSA) is 75.3 Å². The minimum absolute atomic E-state index is 0.0801. The van der Waals surface area contributed by atoms with E-state index in [9.17, 15) is 13.2 Å². The highest BCUT2D eigenvalue weighted by Gasteiger charge is 2.22. The second kappa shape index (κ2) is 8.32. The molecule has 1 aromatic rings. The molecule has 0 spiro atoms. The van der Waals surface area contributed by atoms with Crippen LogP contribution < -0.4 is 10.0 Å². The minimum atomic E-state index is -3.63. The average molecular weight is 367 g/mol. The zero-order valence-corrected chi connectivity index (χ0v) is 16.6. The van der Waals surface area contributed by atoms with Crippen LogP contribution in [0.3, 0.4) is 0 Å². The van der Waals surface area contributed by atoms with Gasteiger partial charge in [-0.2, -0.15) is 0 Å². The van der Waals surface area contributed by atoms with Crippen molar-refractivity contribution in [1.29, 1.82) is 0 Å². The molecule has 0 heterocycles. The van der Waals surface area contributed by atoms with Crippen LogP contribution in [0.1, 0.15) is 60.8 Å². The Balaban J connectivity index is 1.97. The quantitative estimate of drug-likeness (QED) is 0.812. The molecule has 6 heteroatoms. The summed E-state index contributed by atoms with van der Waals surface area (Å²) in [5.74, 6) is -0.0801. The molecule has 0 aromatic heterocycles. The number of amides is 1. The molecule has 25 heavy (non-hydrogen) atoms. The lowest BCUT2D eigenvalue weighted by Crippen LogP contribution is -2.38. The van der Waals surface area contributed by atoms with Crippen LogP contribution in [0.15, 0.2) is 11.0 Å². The predicted octanol–water partition coefficient (Wildman–Crippen LogP) is 3.04. The standard InChI is InChI=1S/C19H30N2O3S/c1-13-12-14(2)16(4)19(15(13)3)25(23,24)20-11-10-18(22)21-17-8-6-5-7-9-17/h12,17,20H,5-11H2,1-4H3,(H,21,22). The summed E-state index contributed by atoms with van der Waals surface area (Å²) in [6.45, 7) is 7.60. The number of carbonyl (C=O) groups excluding carboxylic acids is 1. The van der Waals surface area contributed by atoms with Gasteiger partial charge in [0, 0.05) is 19.0 Å². The van der Waals surface area contributed by atoms with Crippen molar-refractivity contribution < 1.29 is 13.2 Å². The van der Waals surface area contributed by atoms with E-state index >= 15 is 0 Å². The smallest absolute Gasteiger partial charge is 0.241 e. The SMILES string of the molecule is Cc1cc(C)c(C)c(S(=O)(=O)NCCC(=O)NC2CCCCC2)c1C. The molecule has 0 bridgehead atoms. The zero-order valence-electron chi connectivity index (χ0n) is 15.7. The maximum Gasteiger partial charge on any atom is 0.241 e. The van der Waals surface area contributed by atoms with Crippen LogP contribution in [0.25, 0.3) is 0 Å². The van der Waals surface area contributed by atoms with E-state index in [1.807, 2.05) is 33.8 Å². The van der Waals surface area contributed by atoms with Crippen LogP contribution in [0.5, 0.6) is 0 Å². The zero-order chi connectivity index (χ0) is 18.6. The van der Waals surface area contributed by atoms with Gasteiger partial charge < -0.3 is 5.32 Å². The van der Waals surface area contributed by atoms with Crippen LogP contribution in [0.4, 0.5) is 0 Å². The van der Waals surface area contributed by atoms with Crippen molar-refractivity contribution in [1.82, 2.24) is 10.0 Å². The van der Waals surface area contributed by atoms with Crippen LogP contribution >= 0.6 is 0 Å². The number of aryl methyl sites for hydroxylation is 2. The molecule has 140 valence electrons. The van der Waals surface area contributed by atoms with E-state index in [0.717, 1.165) is 47.9 Å². The van der Waals surface area contributed by atoms with Crippen LogP contribution in [0.2, 0.25) is 0 Å². The van der Waals surface area contributed by atoms with Gasteiger partial charge in [0.2, 0.25) is 15.9 Å². The highest BCUT2D eigenvalue weighted by atomic mass is 32.2. The third-order valence-corrected chi connectivity index (χ3v) is 6.91. The lowest BCUT2D eigenvalue weighted by atomic mass is 9.95. The van der Waals surface area contributed by atoms with Gasteiger partial charge in [0.15, 0.2) is 0 Å². The summed E-state index contributed by atoms with van der Waals surface area (Å²) in [6.07, 6.45) is 5.77. The first kappa shape index (κ1) is 19.9. The molecular formula is C19H30N2O3S. The summed E-state index contributed by atoms with van der Waals surface area (Å²) in [7, 11) is -3.63. The number of benzene rings is 1. The van der Waals surface area contributed by atoms with Gasteiger partial charge in [0.1, 0.15) is 0 Å². The number of nitrogens with one attached hydrogen (secondary N) is 2. The largest absolute Gasteiger partial charge is 0.353 e. The van der Waals surface area contributed by atoms with Gasteiger partial charge in [0.05, 0.1) is 4.90 Å². The molecule has 0 saturated heterocycles. The van der Waals surface area contributed by atoms with Gasteiger partial charge in [-0.1, -0.05) is 25.3 Å². The van der Waals surface area contributed by atoms with Crippen molar-refractivity contribution >= 4 is 15.9 Å². The van der Waals surface area contributed by atoms with E-state index in [4.69, 9.17) is 0 Å². The number of carbonyl (C=O) groups is 1. The first-order valence-corrected chi connectivity index (χ1v) is 10.6. The lowest BCUT2D eigenvalue weighted by molar-refractivity contribution is -0.121. The molecule has 0 atom stereocenters. The molecule has 0 aliphatic heterocycles. The number of hydrogen-bond donors (Lipinski definition) is 2. The number of hydrogen-bond acceptors (Lipinski definition) is 3. The molecule has 1 aromatic carbocycles. The van der Waals surface area contributed by atoms with Crippen molar-refractivity contribution in [3.63, 3.8) is 0 Å². The summed E-state index contributed by atoms with van der Waals surface area (Å²) in [6, 6.07) is 2.25. The monoisotopic (exact) mass is 366 g/mol. The fourth-order valence-electron chi connectivity index (χ4n) is 3.50. The summed E-state index contributed by atoms with van der Waals surface area (Å²) >= 11 is 0. The molecule has 1 aliphatic rings. The fraction of sp³-hybridized carbons (Fsp3) is 0.632. The summed E-state index contributed by atoms with van der Waals surface area (Å²) in [5.41, 5.74) is 3.45. The van der Waals surface area contributed by atoms with Crippen molar-refractivity contribution in [3.8, 4) is 0 Å². The normalized spacial score (nSPS) is 16.0. The second-order valence-corrected chi connectivity index (χ2v) is 8.84. The van der Waals surface area contributed by atoms with E-state index < -0.39 is 10.0 Å². The fourth-order valence-corrected chi connectivity index (χ4v) is 5.14. The van der Waals surface area contributed by atoms with Crippen LogP contribution in [0, 0.1) is 27.7 Å². The molecule has 0 unspecified atom stereocenters. The van der Waals surface area contributed by atoms with E-state index in [-0.39, 0.29) is 24.9 Å². The molecule has 2 rings (SSSR count). The molecule has 2 N–H and O–H groups in total. The van der Waals surface area contributed by atoms with Crippen molar-refractivity contribution in [2.45, 2.75) is 77.2 Å². The summed E-state index contributed by atoms with van der Waals surface area (Å²) in [4.78, 5) is 12.4. The molecule has 0 radical (unpaired) electrons. The number of rotatable bonds is 6. The third kappa shape index (κ3) is 5.05. The molecule has 1 saturated carbocycles. The van der Waals surface area contributed by atoms with Gasteiger partial charge in [0.25, 0.3) is 0 Å². The van der Waals surface area contributed by atoms with Crippen LogP contribution in [-0.4, -0.2) is 26.9 Å². The predicted molar refractivity (Wildman–Crippen MR) is 100 cm³/mol. The first-order chi connectivity index (χ1) is 11.7. The Labute approximate surface area is 151 Å². The highest BCUT2D eigenvalue weighted by molar-refractivity contribution is 7.89. The van der Waals surface area contributed by atoms with Crippen LogP contribution in [-0.2, 0) is 14.8 Å². The number of sulfonamides is 1. The molecule has 1 fully saturated rings. The Morgan fingerprint density at radius 2 is 1.60 bits per heavy atom. The third-order valence-electron chi connectivity index (χ3n) is 5.18. The van der Waals surface area contributed by atoms with Crippen molar-refractivity contribution in [2.75, 3.05) is 6.54 Å². The van der Waals surface area contributed by atoms with Gasteiger partial charge >= 0.3 is 0 Å². The maximum atomic E-state index is 12.7. The van der Waals surface area contributed by atoms with E-state index in [1.54, 1.807) is 0 Å². The molecular weight excluding hydrogens is 336 g/mol. The summed E-state index contributed by atoms with van der Waals surface area (Å²) in [5, 5.41) is 3.01. The lowest BCUT2D eigenvalue weighted by Gasteiger charge is -2.22. The highest BCUT2D eigenvalue weighted by Crippen LogP contribution is 2.25. The molecule has 1 aliphatic carbocycles. The van der Waals surface area contributed by atoms with E-state index in [0.29, 0.717) is 4.90 Å².